The van der Waals surface area contributed by atoms with Crippen LogP contribution in [0.3, 0.4) is 0 Å². The zero-order chi connectivity index (χ0) is 28.0. The van der Waals surface area contributed by atoms with Gasteiger partial charge < -0.3 is 21.7 Å². The standard InChI is InChI=1S/C30H28N4O2S.CH3I/c31-30(37)33-25-18-10-17-24(19-25)27(29(36)32-20-21-11-4-1-5-12-21)34-28(35)26(22-13-6-2-7-14-22)23-15-8-3-9-16-23;1-2/h1-19,26-27H,20H2,(H,32,36)(H,34,35)(H3,31,33,37);1H3/t27-;/m1./s1. The smallest absolute Gasteiger partial charge is 0.247 e. The Morgan fingerprint density at radius 2 is 1.26 bits per heavy atom. The number of alkyl halides is 1. The number of hydrogen-bond donors (Lipinski definition) is 4. The Hall–Kier alpha value is -3.76. The quantitative estimate of drug-likeness (QED) is 0.106. The zero-order valence-corrected chi connectivity index (χ0v) is 24.5. The molecule has 0 heterocycles. The summed E-state index contributed by atoms with van der Waals surface area (Å²) in [6, 6.07) is 34.8. The van der Waals surface area contributed by atoms with Gasteiger partial charge >= 0.3 is 0 Å². The fourth-order valence-electron chi connectivity index (χ4n) is 4.14. The summed E-state index contributed by atoms with van der Waals surface area (Å²) < 4.78 is 0. The summed E-state index contributed by atoms with van der Waals surface area (Å²) in [5.74, 6) is -1.21. The van der Waals surface area contributed by atoms with Gasteiger partial charge in [0.15, 0.2) is 5.11 Å². The van der Waals surface area contributed by atoms with Gasteiger partial charge in [-0.25, -0.2) is 0 Å². The molecule has 0 bridgehead atoms. The maximum atomic E-state index is 13.8. The molecule has 1 atom stereocenters. The second-order valence-electron chi connectivity index (χ2n) is 8.51. The number of hydrogen-bond acceptors (Lipinski definition) is 3. The van der Waals surface area contributed by atoms with E-state index in [0.29, 0.717) is 17.8 Å². The van der Waals surface area contributed by atoms with Gasteiger partial charge in [-0.3, -0.25) is 9.59 Å². The van der Waals surface area contributed by atoms with E-state index in [4.69, 9.17) is 18.0 Å². The Bertz CT molecular complexity index is 1320. The largest absolute Gasteiger partial charge is 0.376 e. The molecule has 0 radical (unpaired) electrons. The minimum absolute atomic E-state index is 0.111. The lowest BCUT2D eigenvalue weighted by Crippen LogP contribution is -2.42. The van der Waals surface area contributed by atoms with Crippen molar-refractivity contribution < 1.29 is 9.59 Å². The lowest BCUT2D eigenvalue weighted by molar-refractivity contribution is -0.129. The van der Waals surface area contributed by atoms with Crippen molar-refractivity contribution in [3.63, 3.8) is 0 Å². The molecule has 0 aromatic heterocycles. The van der Waals surface area contributed by atoms with E-state index in [-0.39, 0.29) is 16.9 Å². The number of anilines is 1. The molecule has 6 nitrogen and oxygen atoms in total. The van der Waals surface area contributed by atoms with Crippen molar-refractivity contribution >= 4 is 57.4 Å². The Labute approximate surface area is 248 Å². The Morgan fingerprint density at radius 1 is 0.744 bits per heavy atom. The first-order chi connectivity index (χ1) is 19.0. The Balaban J connectivity index is 0.00000205. The van der Waals surface area contributed by atoms with E-state index in [0.717, 1.165) is 16.7 Å². The van der Waals surface area contributed by atoms with Crippen LogP contribution < -0.4 is 21.7 Å². The topological polar surface area (TPSA) is 96.2 Å². The summed E-state index contributed by atoms with van der Waals surface area (Å²) in [6.45, 7) is 0.331. The number of carbonyl (C=O) groups is 2. The number of rotatable bonds is 9. The van der Waals surface area contributed by atoms with E-state index in [2.05, 4.69) is 38.5 Å². The molecule has 4 aromatic carbocycles. The summed E-state index contributed by atoms with van der Waals surface area (Å²) in [7, 11) is 0. The molecule has 0 saturated carbocycles. The van der Waals surface area contributed by atoms with Crippen molar-refractivity contribution in [2.75, 3.05) is 10.2 Å². The molecule has 2 amide bonds. The third-order valence-electron chi connectivity index (χ3n) is 5.87. The molecule has 4 rings (SSSR count). The van der Waals surface area contributed by atoms with Crippen LogP contribution >= 0.6 is 34.8 Å². The van der Waals surface area contributed by atoms with Crippen molar-refractivity contribution in [3.05, 3.63) is 138 Å². The van der Waals surface area contributed by atoms with E-state index in [1.807, 2.05) is 95.9 Å². The molecule has 0 aliphatic rings. The number of carbonyl (C=O) groups excluding carboxylic acids is 2. The highest BCUT2D eigenvalue weighted by Gasteiger charge is 2.29. The van der Waals surface area contributed by atoms with Crippen molar-refractivity contribution in [1.29, 1.82) is 0 Å². The number of benzene rings is 4. The number of halogens is 1. The summed E-state index contributed by atoms with van der Waals surface area (Å²) in [4.78, 5) is 29.3. The molecule has 0 spiro atoms. The van der Waals surface area contributed by atoms with Crippen molar-refractivity contribution in [3.8, 4) is 0 Å². The Kier molecular flexibility index (Phi) is 11.9. The van der Waals surface area contributed by atoms with Crippen LogP contribution in [-0.4, -0.2) is 21.9 Å². The molecule has 0 saturated heterocycles. The van der Waals surface area contributed by atoms with E-state index < -0.39 is 12.0 Å². The molecule has 39 heavy (non-hydrogen) atoms. The number of nitrogens with one attached hydrogen (secondary N) is 3. The maximum Gasteiger partial charge on any atom is 0.247 e. The van der Waals surface area contributed by atoms with Gasteiger partial charge in [-0.05, 0) is 51.5 Å². The molecule has 0 unspecified atom stereocenters. The minimum Gasteiger partial charge on any atom is -0.376 e. The van der Waals surface area contributed by atoms with Crippen LogP contribution in [0.5, 0.6) is 0 Å². The molecule has 8 heteroatoms. The van der Waals surface area contributed by atoms with Crippen LogP contribution in [0.1, 0.15) is 34.2 Å². The first-order valence-electron chi connectivity index (χ1n) is 12.3. The highest BCUT2D eigenvalue weighted by Crippen LogP contribution is 2.27. The van der Waals surface area contributed by atoms with Crippen molar-refractivity contribution in [2.45, 2.75) is 18.5 Å². The van der Waals surface area contributed by atoms with Crippen LogP contribution in [0.4, 0.5) is 5.69 Å². The summed E-state index contributed by atoms with van der Waals surface area (Å²) in [5.41, 5.74) is 9.49. The third kappa shape index (κ3) is 8.90. The second kappa shape index (κ2) is 15.6. The van der Waals surface area contributed by atoms with Crippen molar-refractivity contribution in [2.24, 2.45) is 5.73 Å². The molecule has 0 fully saturated rings. The molecule has 5 N–H and O–H groups in total. The maximum absolute atomic E-state index is 13.8. The minimum atomic E-state index is -0.945. The number of nitrogens with two attached hydrogens (primary N) is 1. The van der Waals surface area contributed by atoms with Crippen molar-refractivity contribution in [1.82, 2.24) is 10.6 Å². The zero-order valence-electron chi connectivity index (χ0n) is 21.5. The predicted molar refractivity (Wildman–Crippen MR) is 171 cm³/mol. The van der Waals surface area contributed by atoms with Crippen LogP contribution in [0.15, 0.2) is 115 Å². The predicted octanol–water partition coefficient (Wildman–Crippen LogP) is 5.70. The highest BCUT2D eigenvalue weighted by molar-refractivity contribution is 14.1. The monoisotopic (exact) mass is 650 g/mol. The van der Waals surface area contributed by atoms with Gasteiger partial charge in [0.25, 0.3) is 0 Å². The average molecular weight is 651 g/mol. The SMILES string of the molecule is CI.NC(=S)Nc1cccc([C@@H](NC(=O)C(c2ccccc2)c2ccccc2)C(=O)NCc2ccccc2)c1. The highest BCUT2D eigenvalue weighted by atomic mass is 127. The van der Waals surface area contributed by atoms with Gasteiger partial charge in [0.2, 0.25) is 11.8 Å². The first-order valence-corrected chi connectivity index (χ1v) is 14.8. The van der Waals surface area contributed by atoms with Crippen LogP contribution in [0.25, 0.3) is 0 Å². The third-order valence-corrected chi connectivity index (χ3v) is 5.98. The average Bonchev–Trinajstić information content (AvgIpc) is 2.97. The van der Waals surface area contributed by atoms with E-state index in [1.165, 1.54) is 0 Å². The molecule has 0 aliphatic heterocycles. The molecular weight excluding hydrogens is 619 g/mol. The first kappa shape index (κ1) is 29.8. The Morgan fingerprint density at radius 3 is 1.79 bits per heavy atom. The van der Waals surface area contributed by atoms with Gasteiger partial charge in [-0.1, -0.05) is 126 Å². The molecular formula is C31H31IN4O2S. The van der Waals surface area contributed by atoms with Gasteiger partial charge in [-0.15, -0.1) is 0 Å². The van der Waals surface area contributed by atoms with Gasteiger partial charge in [0, 0.05) is 12.2 Å². The molecule has 0 aliphatic carbocycles. The molecule has 200 valence electrons. The lowest BCUT2D eigenvalue weighted by atomic mass is 9.90. The normalized spacial score (nSPS) is 10.9. The number of amides is 2. The fraction of sp³-hybridized carbons (Fsp3) is 0.129. The van der Waals surface area contributed by atoms with E-state index in [1.54, 1.807) is 24.3 Å². The van der Waals surface area contributed by atoms with Gasteiger partial charge in [0.1, 0.15) is 6.04 Å². The molecule has 4 aromatic rings. The fourth-order valence-corrected chi connectivity index (χ4v) is 4.26. The van der Waals surface area contributed by atoms with Gasteiger partial charge in [0.05, 0.1) is 5.92 Å². The lowest BCUT2D eigenvalue weighted by Gasteiger charge is -2.24. The second-order valence-corrected chi connectivity index (χ2v) is 8.95. The number of thiocarbonyl (C=S) groups is 1. The van der Waals surface area contributed by atoms with Crippen LogP contribution in [0.2, 0.25) is 0 Å². The summed E-state index contributed by atoms with van der Waals surface area (Å²) in [6.07, 6.45) is 0. The summed E-state index contributed by atoms with van der Waals surface area (Å²) in [5, 5.41) is 8.96. The van der Waals surface area contributed by atoms with E-state index >= 15 is 0 Å². The van der Waals surface area contributed by atoms with Crippen LogP contribution in [0, 0.1) is 0 Å². The van der Waals surface area contributed by atoms with Crippen LogP contribution in [-0.2, 0) is 16.1 Å². The van der Waals surface area contributed by atoms with E-state index in [9.17, 15) is 9.59 Å². The van der Waals surface area contributed by atoms with Gasteiger partial charge in [-0.2, -0.15) is 0 Å². The summed E-state index contributed by atoms with van der Waals surface area (Å²) >= 11 is 7.11.